The van der Waals surface area contributed by atoms with Gasteiger partial charge in [-0.2, -0.15) is 0 Å². The molecule has 0 N–H and O–H groups in total. The zero-order valence-electron chi connectivity index (χ0n) is 18.8. The van der Waals surface area contributed by atoms with Crippen molar-refractivity contribution in [3.05, 3.63) is 23.0 Å². The summed E-state index contributed by atoms with van der Waals surface area (Å²) in [4.78, 5) is 0. The molecule has 1 aliphatic carbocycles. The Morgan fingerprint density at radius 1 is 0.966 bits per heavy atom. The van der Waals surface area contributed by atoms with Crippen LogP contribution in [0.1, 0.15) is 85.0 Å². The Bertz CT molecular complexity index is 542. The fourth-order valence-electron chi connectivity index (χ4n) is 4.61. The number of ether oxygens (including phenoxy) is 3. The van der Waals surface area contributed by atoms with Gasteiger partial charge < -0.3 is 14.2 Å². The number of methoxy groups -OCH3 is 1. The number of allylic oxidation sites excluding steroid dienone is 3. The molecule has 1 saturated carbocycles. The zero-order valence-corrected chi connectivity index (χ0v) is 18.8. The standard InChI is InChI=1S/C24H40F2O3/c1-5-7-8-18-9-11-20(12-10-18)21-13-14-22(29-16-21)28-15-19(6-2)24(26)23(25)17(3)27-4/h18,20-22H,5-16H2,1-4H3/b23-17-,24-19-. The predicted molar refractivity (Wildman–Crippen MR) is 113 cm³/mol. The molecule has 29 heavy (non-hydrogen) atoms. The van der Waals surface area contributed by atoms with Gasteiger partial charge in [-0.05, 0) is 62.4 Å². The molecule has 0 aromatic rings. The van der Waals surface area contributed by atoms with Crippen LogP contribution in [0.25, 0.3) is 0 Å². The van der Waals surface area contributed by atoms with Gasteiger partial charge in [0.15, 0.2) is 17.9 Å². The van der Waals surface area contributed by atoms with E-state index in [1.165, 1.54) is 59.0 Å². The predicted octanol–water partition coefficient (Wildman–Crippen LogP) is 7.23. The molecule has 0 radical (unpaired) electrons. The highest BCUT2D eigenvalue weighted by Crippen LogP contribution is 2.39. The Labute approximate surface area is 175 Å². The van der Waals surface area contributed by atoms with E-state index in [-0.39, 0.29) is 18.7 Å². The Kier molecular flexibility index (Phi) is 10.6. The van der Waals surface area contributed by atoms with E-state index in [0.717, 1.165) is 31.3 Å². The van der Waals surface area contributed by atoms with E-state index in [1.54, 1.807) is 6.92 Å². The highest BCUT2D eigenvalue weighted by molar-refractivity contribution is 5.27. The monoisotopic (exact) mass is 414 g/mol. The number of hydrogen-bond donors (Lipinski definition) is 0. The van der Waals surface area contributed by atoms with Crippen LogP contribution in [0, 0.1) is 17.8 Å². The quantitative estimate of drug-likeness (QED) is 0.279. The van der Waals surface area contributed by atoms with Gasteiger partial charge in [0, 0.05) is 0 Å². The van der Waals surface area contributed by atoms with E-state index in [9.17, 15) is 8.78 Å². The second-order valence-corrected chi connectivity index (χ2v) is 8.68. The lowest BCUT2D eigenvalue weighted by atomic mass is 9.73. The maximum Gasteiger partial charge on any atom is 0.196 e. The zero-order chi connectivity index (χ0) is 21.2. The average molecular weight is 415 g/mol. The summed E-state index contributed by atoms with van der Waals surface area (Å²) in [6.45, 7) is 6.24. The molecule has 0 bridgehead atoms. The molecular weight excluding hydrogens is 374 g/mol. The Balaban J connectivity index is 1.76. The molecule has 0 amide bonds. The third kappa shape index (κ3) is 7.36. The lowest BCUT2D eigenvalue weighted by Gasteiger charge is -2.37. The molecule has 3 nitrogen and oxygen atoms in total. The van der Waals surface area contributed by atoms with Gasteiger partial charge >= 0.3 is 0 Å². The van der Waals surface area contributed by atoms with Gasteiger partial charge in [-0.1, -0.05) is 46.0 Å². The second-order valence-electron chi connectivity index (χ2n) is 8.68. The molecule has 2 aliphatic rings. The van der Waals surface area contributed by atoms with Crippen LogP contribution >= 0.6 is 0 Å². The van der Waals surface area contributed by atoms with Crippen LogP contribution in [0.3, 0.4) is 0 Å². The third-order valence-corrected chi connectivity index (χ3v) is 6.78. The summed E-state index contributed by atoms with van der Waals surface area (Å²) >= 11 is 0. The van der Waals surface area contributed by atoms with E-state index >= 15 is 0 Å². The van der Waals surface area contributed by atoms with E-state index < -0.39 is 11.7 Å². The fourth-order valence-corrected chi connectivity index (χ4v) is 4.61. The molecule has 2 unspecified atom stereocenters. The van der Waals surface area contributed by atoms with Gasteiger partial charge in [0.05, 0.1) is 20.3 Å². The van der Waals surface area contributed by atoms with Crippen molar-refractivity contribution < 1.29 is 23.0 Å². The highest BCUT2D eigenvalue weighted by Gasteiger charge is 2.31. The van der Waals surface area contributed by atoms with Gasteiger partial charge in [0.1, 0.15) is 5.76 Å². The molecule has 0 aromatic carbocycles. The summed E-state index contributed by atoms with van der Waals surface area (Å²) in [5, 5.41) is 0. The van der Waals surface area contributed by atoms with Crippen molar-refractivity contribution >= 4 is 0 Å². The first-order valence-electron chi connectivity index (χ1n) is 11.5. The molecule has 1 saturated heterocycles. The van der Waals surface area contributed by atoms with Crippen LogP contribution < -0.4 is 0 Å². The second kappa shape index (κ2) is 12.7. The summed E-state index contributed by atoms with van der Waals surface area (Å²) < 4.78 is 44.8. The average Bonchev–Trinajstić information content (AvgIpc) is 2.77. The largest absolute Gasteiger partial charge is 0.498 e. The minimum atomic E-state index is -0.952. The van der Waals surface area contributed by atoms with Crippen LogP contribution in [0.5, 0.6) is 0 Å². The summed E-state index contributed by atoms with van der Waals surface area (Å²) in [6.07, 6.45) is 11.4. The van der Waals surface area contributed by atoms with Gasteiger partial charge in [0.25, 0.3) is 0 Å². The topological polar surface area (TPSA) is 27.7 Å². The summed E-state index contributed by atoms with van der Waals surface area (Å²) in [5.74, 6) is 0.428. The van der Waals surface area contributed by atoms with Crippen LogP contribution in [-0.4, -0.2) is 26.6 Å². The van der Waals surface area contributed by atoms with Crippen molar-refractivity contribution in [1.82, 2.24) is 0 Å². The van der Waals surface area contributed by atoms with Crippen molar-refractivity contribution in [2.75, 3.05) is 20.3 Å². The highest BCUT2D eigenvalue weighted by atomic mass is 19.2. The first kappa shape index (κ1) is 24.3. The van der Waals surface area contributed by atoms with E-state index in [4.69, 9.17) is 14.2 Å². The summed E-state index contributed by atoms with van der Waals surface area (Å²) in [7, 11) is 1.33. The summed E-state index contributed by atoms with van der Waals surface area (Å²) in [5.41, 5.74) is 0.301. The molecule has 2 fully saturated rings. The SMILES string of the molecule is CCCCC1CCC(C2CCC(OC/C(CC)=C(F)/C(F)=C(\C)OC)OC2)CC1. The fraction of sp³-hybridized carbons (Fsp3) is 0.833. The van der Waals surface area contributed by atoms with Crippen molar-refractivity contribution in [3.8, 4) is 0 Å². The molecular formula is C24H40F2O3. The third-order valence-electron chi connectivity index (χ3n) is 6.78. The Morgan fingerprint density at radius 2 is 1.66 bits per heavy atom. The van der Waals surface area contributed by atoms with E-state index in [1.807, 2.05) is 0 Å². The molecule has 0 spiro atoms. The lowest BCUT2D eigenvalue weighted by Crippen LogP contribution is -2.34. The number of rotatable bonds is 10. The maximum atomic E-state index is 14.3. The van der Waals surface area contributed by atoms with Gasteiger partial charge in [-0.25, -0.2) is 8.78 Å². The number of unbranched alkanes of at least 4 members (excludes halogenated alkanes) is 1. The van der Waals surface area contributed by atoms with Crippen molar-refractivity contribution in [2.45, 2.75) is 91.3 Å². The molecule has 168 valence electrons. The first-order valence-corrected chi connectivity index (χ1v) is 11.5. The number of hydrogen-bond acceptors (Lipinski definition) is 3. The van der Waals surface area contributed by atoms with Crippen molar-refractivity contribution in [1.29, 1.82) is 0 Å². The molecule has 2 atom stereocenters. The molecule has 2 rings (SSSR count). The van der Waals surface area contributed by atoms with Crippen LogP contribution in [0.4, 0.5) is 8.78 Å². The van der Waals surface area contributed by atoms with Crippen LogP contribution in [0.2, 0.25) is 0 Å². The Morgan fingerprint density at radius 3 is 2.21 bits per heavy atom. The Hall–Kier alpha value is -0.940. The van der Waals surface area contributed by atoms with Gasteiger partial charge in [-0.3, -0.25) is 0 Å². The van der Waals surface area contributed by atoms with E-state index in [0.29, 0.717) is 17.9 Å². The molecule has 5 heteroatoms. The maximum absolute atomic E-state index is 14.3. The smallest absolute Gasteiger partial charge is 0.196 e. The van der Waals surface area contributed by atoms with Crippen LogP contribution in [0.15, 0.2) is 23.0 Å². The lowest BCUT2D eigenvalue weighted by molar-refractivity contribution is -0.177. The minimum Gasteiger partial charge on any atom is -0.498 e. The van der Waals surface area contributed by atoms with Crippen molar-refractivity contribution in [3.63, 3.8) is 0 Å². The van der Waals surface area contributed by atoms with Crippen LogP contribution in [-0.2, 0) is 14.2 Å². The van der Waals surface area contributed by atoms with Gasteiger partial charge in [0.2, 0.25) is 0 Å². The van der Waals surface area contributed by atoms with E-state index in [2.05, 4.69) is 6.92 Å². The first-order chi connectivity index (χ1) is 14.0. The number of halogens is 2. The van der Waals surface area contributed by atoms with Gasteiger partial charge in [-0.15, -0.1) is 0 Å². The molecule has 1 heterocycles. The summed E-state index contributed by atoms with van der Waals surface area (Å²) in [6, 6.07) is 0. The normalized spacial score (nSPS) is 29.9. The molecule has 1 aliphatic heterocycles. The minimum absolute atomic E-state index is 0.0462. The molecule has 0 aromatic heterocycles. The van der Waals surface area contributed by atoms with Crippen molar-refractivity contribution in [2.24, 2.45) is 17.8 Å².